The van der Waals surface area contributed by atoms with E-state index in [-0.39, 0.29) is 17.4 Å². The van der Waals surface area contributed by atoms with Crippen LogP contribution in [0.1, 0.15) is 19.3 Å². The third kappa shape index (κ3) is 2.52. The minimum atomic E-state index is -2.91. The normalized spacial score (nSPS) is 31.8. The number of ether oxygens (including phenoxy) is 1. The maximum atomic E-state index is 11.3. The van der Waals surface area contributed by atoms with Crippen molar-refractivity contribution in [2.45, 2.75) is 25.4 Å². The van der Waals surface area contributed by atoms with E-state index in [0.29, 0.717) is 13.0 Å². The molecule has 2 heterocycles. The molecule has 15 heavy (non-hydrogen) atoms. The topological polar surface area (TPSA) is 63.6 Å². The molecule has 1 N–H and O–H groups in total. The van der Waals surface area contributed by atoms with E-state index in [0.717, 1.165) is 18.4 Å². The molecule has 2 aliphatic rings. The minimum Gasteiger partial charge on any atom is -0.501 e. The highest BCUT2D eigenvalue weighted by atomic mass is 32.2. The highest BCUT2D eigenvalue weighted by Gasteiger charge is 2.34. The lowest BCUT2D eigenvalue weighted by molar-refractivity contribution is 0.129. The Morgan fingerprint density at radius 1 is 1.53 bits per heavy atom. The molecule has 2 unspecified atom stereocenters. The summed E-state index contributed by atoms with van der Waals surface area (Å²) in [5.41, 5.74) is 0.850. The van der Waals surface area contributed by atoms with E-state index in [2.05, 4.69) is 0 Å². The van der Waals surface area contributed by atoms with Crippen LogP contribution >= 0.6 is 0 Å². The number of aliphatic hydroxyl groups excluding tert-OH is 1. The summed E-state index contributed by atoms with van der Waals surface area (Å²) in [5, 5.41) is 9.99. The van der Waals surface area contributed by atoms with Gasteiger partial charge in [-0.25, -0.2) is 8.42 Å². The van der Waals surface area contributed by atoms with Crippen molar-refractivity contribution in [1.29, 1.82) is 0 Å². The summed E-state index contributed by atoms with van der Waals surface area (Å²) >= 11 is 0. The van der Waals surface area contributed by atoms with Crippen LogP contribution in [0.5, 0.6) is 0 Å². The van der Waals surface area contributed by atoms with E-state index >= 15 is 0 Å². The van der Waals surface area contributed by atoms with Crippen LogP contribution in [0.15, 0.2) is 11.8 Å². The molecular formula is C10H16O4S. The fourth-order valence-corrected chi connectivity index (χ4v) is 4.01. The van der Waals surface area contributed by atoms with Crippen LogP contribution < -0.4 is 0 Å². The van der Waals surface area contributed by atoms with Crippen molar-refractivity contribution in [1.82, 2.24) is 0 Å². The largest absolute Gasteiger partial charge is 0.501 e. The second-order valence-electron chi connectivity index (χ2n) is 4.28. The minimum absolute atomic E-state index is 0.117. The quantitative estimate of drug-likeness (QED) is 0.752. The average Bonchev–Trinajstić information content (AvgIpc) is 2.59. The van der Waals surface area contributed by atoms with Gasteiger partial charge in [-0.15, -0.1) is 0 Å². The van der Waals surface area contributed by atoms with Crippen LogP contribution in [0, 0.1) is 5.92 Å². The summed E-state index contributed by atoms with van der Waals surface area (Å²) in [6, 6.07) is 0. The summed E-state index contributed by atoms with van der Waals surface area (Å²) in [6.07, 6.45) is 3.25. The first-order chi connectivity index (χ1) is 7.08. The second kappa shape index (κ2) is 4.14. The molecule has 0 aliphatic carbocycles. The van der Waals surface area contributed by atoms with Gasteiger partial charge in [-0.1, -0.05) is 0 Å². The van der Waals surface area contributed by atoms with Gasteiger partial charge in [0.2, 0.25) is 0 Å². The Kier molecular flexibility index (Phi) is 3.02. The Hall–Kier alpha value is -0.550. The molecule has 0 amide bonds. The van der Waals surface area contributed by atoms with Crippen molar-refractivity contribution in [3.63, 3.8) is 0 Å². The maximum Gasteiger partial charge on any atom is 0.150 e. The van der Waals surface area contributed by atoms with E-state index in [1.807, 2.05) is 0 Å². The highest BCUT2D eigenvalue weighted by molar-refractivity contribution is 7.91. The molecule has 0 aromatic carbocycles. The smallest absolute Gasteiger partial charge is 0.150 e. The van der Waals surface area contributed by atoms with Crippen molar-refractivity contribution in [3.05, 3.63) is 11.8 Å². The molecular weight excluding hydrogens is 216 g/mol. The van der Waals surface area contributed by atoms with Gasteiger partial charge in [0.05, 0.1) is 30.5 Å². The number of hydrogen-bond donors (Lipinski definition) is 1. The maximum absolute atomic E-state index is 11.3. The van der Waals surface area contributed by atoms with Gasteiger partial charge in [0.15, 0.2) is 9.84 Å². The van der Waals surface area contributed by atoms with Crippen molar-refractivity contribution in [2.75, 3.05) is 18.1 Å². The predicted molar refractivity (Wildman–Crippen MR) is 56.0 cm³/mol. The van der Waals surface area contributed by atoms with E-state index in [9.17, 15) is 13.5 Å². The first-order valence-corrected chi connectivity index (χ1v) is 7.10. The fourth-order valence-electron chi connectivity index (χ4n) is 2.18. The molecule has 4 nitrogen and oxygen atoms in total. The van der Waals surface area contributed by atoms with Gasteiger partial charge in [0.25, 0.3) is 0 Å². The van der Waals surface area contributed by atoms with Gasteiger partial charge in [-0.05, 0) is 24.8 Å². The van der Waals surface area contributed by atoms with Gasteiger partial charge in [-0.2, -0.15) is 0 Å². The average molecular weight is 232 g/mol. The molecule has 2 rings (SSSR count). The standard InChI is InChI=1S/C10H16O4S/c11-10(8-2-1-4-14-6-8)9-3-5-15(12,13)7-9/h6,9-11H,1-5,7H2. The molecule has 1 fully saturated rings. The van der Waals surface area contributed by atoms with Crippen LogP contribution in [0.4, 0.5) is 0 Å². The van der Waals surface area contributed by atoms with Crippen molar-refractivity contribution in [3.8, 4) is 0 Å². The molecule has 0 bridgehead atoms. The SMILES string of the molecule is O=S1(=O)CCC(C(O)C2=COCCC2)C1. The van der Waals surface area contributed by atoms with Gasteiger partial charge in [-0.3, -0.25) is 0 Å². The lowest BCUT2D eigenvalue weighted by Crippen LogP contribution is -2.25. The monoisotopic (exact) mass is 232 g/mol. The molecule has 0 aromatic heterocycles. The lowest BCUT2D eigenvalue weighted by atomic mass is 9.93. The highest BCUT2D eigenvalue weighted by Crippen LogP contribution is 2.28. The third-order valence-corrected chi connectivity index (χ3v) is 4.85. The third-order valence-electron chi connectivity index (χ3n) is 3.06. The summed E-state index contributed by atoms with van der Waals surface area (Å²) in [4.78, 5) is 0. The van der Waals surface area contributed by atoms with Gasteiger partial charge >= 0.3 is 0 Å². The number of aliphatic hydroxyl groups is 1. The van der Waals surface area contributed by atoms with E-state index in [4.69, 9.17) is 4.74 Å². The molecule has 0 spiro atoms. The molecule has 86 valence electrons. The molecule has 2 atom stereocenters. The summed E-state index contributed by atoms with van der Waals surface area (Å²) in [5.74, 6) is 0.192. The van der Waals surface area contributed by atoms with E-state index < -0.39 is 15.9 Å². The van der Waals surface area contributed by atoms with Gasteiger partial charge in [0, 0.05) is 5.92 Å². The van der Waals surface area contributed by atoms with Crippen molar-refractivity contribution in [2.24, 2.45) is 5.92 Å². The van der Waals surface area contributed by atoms with Crippen molar-refractivity contribution < 1.29 is 18.3 Å². The number of sulfone groups is 1. The van der Waals surface area contributed by atoms with Crippen LogP contribution in [-0.4, -0.2) is 37.7 Å². The van der Waals surface area contributed by atoms with Crippen LogP contribution in [0.25, 0.3) is 0 Å². The molecule has 5 heteroatoms. The predicted octanol–water partition coefficient (Wildman–Crippen LogP) is 0.476. The van der Waals surface area contributed by atoms with Gasteiger partial charge < -0.3 is 9.84 Å². The van der Waals surface area contributed by atoms with E-state index in [1.54, 1.807) is 6.26 Å². The van der Waals surface area contributed by atoms with Crippen LogP contribution in [0.3, 0.4) is 0 Å². The first-order valence-electron chi connectivity index (χ1n) is 5.27. The molecule has 0 saturated carbocycles. The number of rotatable bonds is 2. The zero-order valence-corrected chi connectivity index (χ0v) is 9.37. The summed E-state index contributed by atoms with van der Waals surface area (Å²) in [7, 11) is -2.91. The second-order valence-corrected chi connectivity index (χ2v) is 6.50. The van der Waals surface area contributed by atoms with Crippen molar-refractivity contribution >= 4 is 9.84 Å². The molecule has 1 saturated heterocycles. The summed E-state index contributed by atoms with van der Waals surface area (Å²) in [6.45, 7) is 0.694. The summed E-state index contributed by atoms with van der Waals surface area (Å²) < 4.78 is 27.7. The Balaban J connectivity index is 2.02. The van der Waals surface area contributed by atoms with E-state index in [1.165, 1.54) is 0 Å². The van der Waals surface area contributed by atoms with Crippen LogP contribution in [-0.2, 0) is 14.6 Å². The zero-order valence-electron chi connectivity index (χ0n) is 8.55. The van der Waals surface area contributed by atoms with Gasteiger partial charge in [0.1, 0.15) is 0 Å². The number of hydrogen-bond acceptors (Lipinski definition) is 4. The Morgan fingerprint density at radius 3 is 2.87 bits per heavy atom. The molecule has 0 aromatic rings. The fraction of sp³-hybridized carbons (Fsp3) is 0.800. The zero-order chi connectivity index (χ0) is 10.9. The Morgan fingerprint density at radius 2 is 2.33 bits per heavy atom. The first kappa shape index (κ1) is 11.0. The lowest BCUT2D eigenvalue weighted by Gasteiger charge is -2.22. The Bertz CT molecular complexity index is 358. The molecule has 0 radical (unpaired) electrons. The Labute approximate surface area is 89.9 Å². The molecule has 2 aliphatic heterocycles. The van der Waals surface area contributed by atoms with Crippen LogP contribution in [0.2, 0.25) is 0 Å².